The molecule has 0 aromatic heterocycles. The maximum atomic E-state index is 13.2. The number of anilines is 1. The first-order valence-electron chi connectivity index (χ1n) is 6.64. The van der Waals surface area contributed by atoms with Gasteiger partial charge in [-0.3, -0.25) is 14.9 Å². The molecular formula is C14H20FN3O3. The van der Waals surface area contributed by atoms with Gasteiger partial charge in [-0.1, -0.05) is 0 Å². The molecule has 0 spiro atoms. The Bertz CT molecular complexity index is 541. The minimum absolute atomic E-state index is 0.0275. The highest BCUT2D eigenvalue weighted by Gasteiger charge is 2.22. The van der Waals surface area contributed by atoms with Crippen molar-refractivity contribution >= 4 is 17.3 Å². The van der Waals surface area contributed by atoms with E-state index in [1.165, 1.54) is 6.07 Å². The van der Waals surface area contributed by atoms with Crippen molar-refractivity contribution in [2.75, 3.05) is 18.0 Å². The van der Waals surface area contributed by atoms with Crippen LogP contribution in [0.1, 0.15) is 27.7 Å². The summed E-state index contributed by atoms with van der Waals surface area (Å²) in [5, 5.41) is 13.8. The van der Waals surface area contributed by atoms with E-state index in [0.717, 1.165) is 12.1 Å². The summed E-state index contributed by atoms with van der Waals surface area (Å²) in [5.74, 6) is -0.927. The predicted molar refractivity (Wildman–Crippen MR) is 78.8 cm³/mol. The molecule has 0 bridgehead atoms. The number of nitro benzene ring substituents is 1. The van der Waals surface area contributed by atoms with Crippen LogP contribution in [-0.2, 0) is 4.79 Å². The molecule has 0 aliphatic rings. The molecule has 116 valence electrons. The van der Waals surface area contributed by atoms with Gasteiger partial charge in [0, 0.05) is 12.1 Å². The topological polar surface area (TPSA) is 75.5 Å². The second kappa shape index (κ2) is 6.51. The third-order valence-electron chi connectivity index (χ3n) is 2.71. The molecule has 0 aliphatic heterocycles. The second-order valence-corrected chi connectivity index (χ2v) is 5.70. The number of hydrogen-bond acceptors (Lipinski definition) is 4. The molecule has 21 heavy (non-hydrogen) atoms. The number of carbonyl (C=O) groups excluding carboxylic acids is 1. The molecule has 0 saturated heterocycles. The minimum atomic E-state index is -0.680. The van der Waals surface area contributed by atoms with Crippen molar-refractivity contribution in [1.29, 1.82) is 0 Å². The highest BCUT2D eigenvalue weighted by Crippen LogP contribution is 2.28. The van der Waals surface area contributed by atoms with Gasteiger partial charge in [-0.2, -0.15) is 0 Å². The fraction of sp³-hybridized carbons (Fsp3) is 0.500. The van der Waals surface area contributed by atoms with Gasteiger partial charge in [0.15, 0.2) is 0 Å². The normalized spacial score (nSPS) is 11.1. The first-order chi connectivity index (χ1) is 9.64. The lowest BCUT2D eigenvalue weighted by Gasteiger charge is -2.26. The van der Waals surface area contributed by atoms with Crippen molar-refractivity contribution in [3.63, 3.8) is 0 Å². The number of nitro groups is 1. The summed E-state index contributed by atoms with van der Waals surface area (Å²) in [6.45, 7) is 7.69. The van der Waals surface area contributed by atoms with Crippen molar-refractivity contribution in [3.05, 3.63) is 34.1 Å². The van der Waals surface area contributed by atoms with E-state index < -0.39 is 10.7 Å². The Kier molecular flexibility index (Phi) is 5.23. The van der Waals surface area contributed by atoms with E-state index in [0.29, 0.717) is 6.54 Å². The smallest absolute Gasteiger partial charge is 0.295 e. The van der Waals surface area contributed by atoms with Gasteiger partial charge in [-0.05, 0) is 39.8 Å². The van der Waals surface area contributed by atoms with Gasteiger partial charge < -0.3 is 10.2 Å². The van der Waals surface area contributed by atoms with E-state index >= 15 is 0 Å². The molecule has 0 saturated carbocycles. The molecule has 0 radical (unpaired) electrons. The van der Waals surface area contributed by atoms with Crippen LogP contribution in [0.4, 0.5) is 15.8 Å². The second-order valence-electron chi connectivity index (χ2n) is 5.70. The molecule has 0 atom stereocenters. The molecule has 1 amide bonds. The van der Waals surface area contributed by atoms with E-state index in [4.69, 9.17) is 0 Å². The summed E-state index contributed by atoms with van der Waals surface area (Å²) in [5.41, 5.74) is -0.501. The van der Waals surface area contributed by atoms with Crippen molar-refractivity contribution in [3.8, 4) is 0 Å². The SMILES string of the molecule is CCN(CC(=O)NC(C)(C)C)c1ccc(F)cc1[N+](=O)[O-]. The van der Waals surface area contributed by atoms with Crippen molar-refractivity contribution < 1.29 is 14.1 Å². The standard InChI is InChI=1S/C14H20FN3O3/c1-5-17(9-13(19)16-14(2,3)4)11-7-6-10(15)8-12(11)18(20)21/h6-8H,5,9H2,1-4H3,(H,16,19). The molecule has 6 nitrogen and oxygen atoms in total. The number of rotatable bonds is 5. The van der Waals surface area contributed by atoms with Gasteiger partial charge in [0.2, 0.25) is 5.91 Å². The maximum absolute atomic E-state index is 13.2. The van der Waals surface area contributed by atoms with Gasteiger partial charge in [0.25, 0.3) is 5.69 Å². The third-order valence-corrected chi connectivity index (χ3v) is 2.71. The number of amides is 1. The molecular weight excluding hydrogens is 277 g/mol. The Morgan fingerprint density at radius 2 is 2.05 bits per heavy atom. The molecule has 1 aromatic carbocycles. The van der Waals surface area contributed by atoms with Crippen molar-refractivity contribution in [2.24, 2.45) is 0 Å². The molecule has 0 heterocycles. The first-order valence-corrected chi connectivity index (χ1v) is 6.64. The minimum Gasteiger partial charge on any atom is -0.357 e. The Balaban J connectivity index is 3.00. The van der Waals surface area contributed by atoms with Gasteiger partial charge in [-0.25, -0.2) is 4.39 Å². The number of halogens is 1. The lowest BCUT2D eigenvalue weighted by atomic mass is 10.1. The number of nitrogens with one attached hydrogen (secondary N) is 1. The van der Waals surface area contributed by atoms with E-state index in [-0.39, 0.29) is 29.4 Å². The van der Waals surface area contributed by atoms with Crippen LogP contribution in [0.3, 0.4) is 0 Å². The molecule has 1 N–H and O–H groups in total. The van der Waals surface area contributed by atoms with Crippen LogP contribution in [0.2, 0.25) is 0 Å². The summed E-state index contributed by atoms with van der Waals surface area (Å²) in [7, 11) is 0. The average molecular weight is 297 g/mol. The van der Waals surface area contributed by atoms with Crippen LogP contribution in [-0.4, -0.2) is 29.5 Å². The summed E-state index contributed by atoms with van der Waals surface area (Å²) in [6, 6.07) is 3.33. The first kappa shape index (κ1) is 16.9. The van der Waals surface area contributed by atoms with E-state index in [1.54, 1.807) is 11.8 Å². The summed E-state index contributed by atoms with van der Waals surface area (Å²) in [6.07, 6.45) is 0. The highest BCUT2D eigenvalue weighted by atomic mass is 19.1. The Labute approximate surface area is 123 Å². The van der Waals surface area contributed by atoms with Gasteiger partial charge in [0.05, 0.1) is 17.5 Å². The van der Waals surface area contributed by atoms with Crippen LogP contribution < -0.4 is 10.2 Å². The lowest BCUT2D eigenvalue weighted by Crippen LogP contribution is -2.46. The largest absolute Gasteiger partial charge is 0.357 e. The van der Waals surface area contributed by atoms with E-state index in [9.17, 15) is 19.3 Å². The highest BCUT2D eigenvalue weighted by molar-refractivity contribution is 5.83. The molecule has 7 heteroatoms. The fourth-order valence-corrected chi connectivity index (χ4v) is 1.91. The van der Waals surface area contributed by atoms with Crippen molar-refractivity contribution in [1.82, 2.24) is 5.32 Å². The summed E-state index contributed by atoms with van der Waals surface area (Å²) < 4.78 is 13.2. The van der Waals surface area contributed by atoms with Gasteiger partial charge in [-0.15, -0.1) is 0 Å². The number of hydrogen-bond donors (Lipinski definition) is 1. The molecule has 1 rings (SSSR count). The molecule has 0 unspecified atom stereocenters. The fourth-order valence-electron chi connectivity index (χ4n) is 1.91. The molecule has 0 aliphatic carbocycles. The monoisotopic (exact) mass is 297 g/mol. The quantitative estimate of drug-likeness (QED) is 0.669. The van der Waals surface area contributed by atoms with Gasteiger partial charge in [0.1, 0.15) is 11.5 Å². The Hall–Kier alpha value is -2.18. The van der Waals surface area contributed by atoms with Crippen LogP contribution in [0.5, 0.6) is 0 Å². The summed E-state index contributed by atoms with van der Waals surface area (Å²) in [4.78, 5) is 23.9. The third kappa shape index (κ3) is 5.02. The summed E-state index contributed by atoms with van der Waals surface area (Å²) >= 11 is 0. The molecule has 0 fully saturated rings. The Morgan fingerprint density at radius 1 is 1.43 bits per heavy atom. The average Bonchev–Trinajstić information content (AvgIpc) is 2.34. The lowest BCUT2D eigenvalue weighted by molar-refractivity contribution is -0.384. The number of benzene rings is 1. The molecule has 1 aromatic rings. The van der Waals surface area contributed by atoms with E-state index in [1.807, 2.05) is 20.8 Å². The zero-order valence-electron chi connectivity index (χ0n) is 12.6. The zero-order valence-corrected chi connectivity index (χ0v) is 12.6. The van der Waals surface area contributed by atoms with Crippen LogP contribution in [0.15, 0.2) is 18.2 Å². The van der Waals surface area contributed by atoms with Crippen LogP contribution in [0, 0.1) is 15.9 Å². The predicted octanol–water partition coefficient (Wildman–Crippen LogP) is 2.47. The number of carbonyl (C=O) groups is 1. The van der Waals surface area contributed by atoms with Gasteiger partial charge >= 0.3 is 0 Å². The Morgan fingerprint density at radius 3 is 2.52 bits per heavy atom. The zero-order chi connectivity index (χ0) is 16.2. The van der Waals surface area contributed by atoms with Crippen LogP contribution >= 0.6 is 0 Å². The number of likely N-dealkylation sites (N-methyl/N-ethyl adjacent to an activating group) is 1. The number of nitrogens with zero attached hydrogens (tertiary/aromatic N) is 2. The maximum Gasteiger partial charge on any atom is 0.295 e. The van der Waals surface area contributed by atoms with Crippen LogP contribution in [0.25, 0.3) is 0 Å². The van der Waals surface area contributed by atoms with E-state index in [2.05, 4.69) is 5.32 Å². The van der Waals surface area contributed by atoms with Crippen molar-refractivity contribution in [2.45, 2.75) is 33.2 Å².